The average Bonchev–Trinajstić information content (AvgIpc) is 2.59. The van der Waals surface area contributed by atoms with Gasteiger partial charge in [-0.25, -0.2) is 4.98 Å². The summed E-state index contributed by atoms with van der Waals surface area (Å²) in [7, 11) is 1.74. The van der Waals surface area contributed by atoms with E-state index in [0.29, 0.717) is 0 Å². The highest BCUT2D eigenvalue weighted by Gasteiger charge is 2.17. The first-order valence-corrected chi connectivity index (χ1v) is 6.06. The minimum Gasteiger partial charge on any atom is -0.385 e. The Bertz CT molecular complexity index is 297. The summed E-state index contributed by atoms with van der Waals surface area (Å²) in [5.74, 6) is 0. The SMILES string of the molecule is COCCC(C)(C)CNc1nc(C)cs1. The highest BCUT2D eigenvalue weighted by atomic mass is 32.1. The quantitative estimate of drug-likeness (QED) is 0.813. The molecule has 1 aromatic rings. The van der Waals surface area contributed by atoms with Crippen molar-refractivity contribution >= 4 is 16.5 Å². The van der Waals surface area contributed by atoms with Crippen molar-refractivity contribution in [3.8, 4) is 0 Å². The van der Waals surface area contributed by atoms with Crippen molar-refractivity contribution in [2.75, 3.05) is 25.6 Å². The number of hydrogen-bond acceptors (Lipinski definition) is 4. The molecule has 4 heteroatoms. The van der Waals surface area contributed by atoms with Crippen LogP contribution in [0.4, 0.5) is 5.13 Å². The number of hydrogen-bond donors (Lipinski definition) is 1. The second kappa shape index (κ2) is 5.47. The molecule has 0 fully saturated rings. The second-order valence-electron chi connectivity index (χ2n) is 4.55. The molecular weight excluding hydrogens is 208 g/mol. The van der Waals surface area contributed by atoms with Crippen molar-refractivity contribution in [3.05, 3.63) is 11.1 Å². The number of ether oxygens (including phenoxy) is 1. The van der Waals surface area contributed by atoms with Crippen LogP contribution in [0.2, 0.25) is 0 Å². The molecule has 3 nitrogen and oxygen atoms in total. The Morgan fingerprint density at radius 3 is 2.80 bits per heavy atom. The number of nitrogens with zero attached hydrogens (tertiary/aromatic N) is 1. The molecule has 0 radical (unpaired) electrons. The first-order chi connectivity index (χ1) is 7.03. The minimum absolute atomic E-state index is 0.246. The maximum Gasteiger partial charge on any atom is 0.182 e. The van der Waals surface area contributed by atoms with Gasteiger partial charge in [0.05, 0.1) is 5.69 Å². The minimum atomic E-state index is 0.246. The van der Waals surface area contributed by atoms with E-state index < -0.39 is 0 Å². The van der Waals surface area contributed by atoms with E-state index in [4.69, 9.17) is 4.74 Å². The Morgan fingerprint density at radius 1 is 1.53 bits per heavy atom. The number of thiazole rings is 1. The van der Waals surface area contributed by atoms with Crippen molar-refractivity contribution in [2.45, 2.75) is 27.2 Å². The van der Waals surface area contributed by atoms with E-state index in [1.54, 1.807) is 18.4 Å². The van der Waals surface area contributed by atoms with Crippen molar-refractivity contribution in [3.63, 3.8) is 0 Å². The zero-order valence-corrected chi connectivity index (χ0v) is 10.8. The fourth-order valence-corrected chi connectivity index (χ4v) is 1.90. The Labute approximate surface area is 95.9 Å². The molecule has 0 aliphatic heterocycles. The Hall–Kier alpha value is -0.610. The lowest BCUT2D eigenvalue weighted by molar-refractivity contribution is 0.157. The number of methoxy groups -OCH3 is 1. The molecule has 1 aromatic heterocycles. The molecule has 0 atom stereocenters. The molecule has 0 saturated carbocycles. The van der Waals surface area contributed by atoms with E-state index in [1.807, 2.05) is 6.92 Å². The van der Waals surface area contributed by atoms with Crippen LogP contribution in [0.25, 0.3) is 0 Å². The smallest absolute Gasteiger partial charge is 0.182 e. The predicted octanol–water partition coefficient (Wildman–Crippen LogP) is 2.93. The van der Waals surface area contributed by atoms with Gasteiger partial charge in [0.2, 0.25) is 0 Å². The molecule has 0 bridgehead atoms. The van der Waals surface area contributed by atoms with Gasteiger partial charge in [0, 0.05) is 25.6 Å². The molecule has 0 unspecified atom stereocenters. The van der Waals surface area contributed by atoms with Crippen LogP contribution in [0.1, 0.15) is 26.0 Å². The van der Waals surface area contributed by atoms with E-state index in [2.05, 4.69) is 29.5 Å². The van der Waals surface area contributed by atoms with Crippen LogP contribution in [0.5, 0.6) is 0 Å². The molecular formula is C11H20N2OS. The van der Waals surface area contributed by atoms with Gasteiger partial charge in [-0.15, -0.1) is 11.3 Å². The van der Waals surface area contributed by atoms with Crippen LogP contribution in [-0.2, 0) is 4.74 Å². The van der Waals surface area contributed by atoms with Crippen LogP contribution in [0.15, 0.2) is 5.38 Å². The first-order valence-electron chi connectivity index (χ1n) is 5.18. The maximum atomic E-state index is 5.09. The molecule has 0 aliphatic carbocycles. The zero-order valence-electron chi connectivity index (χ0n) is 9.96. The fraction of sp³-hybridized carbons (Fsp3) is 0.727. The molecule has 0 aliphatic rings. The number of rotatable bonds is 6. The van der Waals surface area contributed by atoms with Gasteiger partial charge in [0.1, 0.15) is 0 Å². The van der Waals surface area contributed by atoms with Gasteiger partial charge < -0.3 is 10.1 Å². The third-order valence-electron chi connectivity index (χ3n) is 2.32. The summed E-state index contributed by atoms with van der Waals surface area (Å²) < 4.78 is 5.09. The molecule has 86 valence electrons. The van der Waals surface area contributed by atoms with Crippen molar-refractivity contribution in [1.29, 1.82) is 0 Å². The van der Waals surface area contributed by atoms with Gasteiger partial charge in [0.25, 0.3) is 0 Å². The Morgan fingerprint density at radius 2 is 2.27 bits per heavy atom. The second-order valence-corrected chi connectivity index (χ2v) is 5.41. The third kappa shape index (κ3) is 4.62. The lowest BCUT2D eigenvalue weighted by Crippen LogP contribution is -2.24. The van der Waals surface area contributed by atoms with Gasteiger partial charge in [-0.05, 0) is 18.8 Å². The van der Waals surface area contributed by atoms with E-state index in [0.717, 1.165) is 30.4 Å². The molecule has 0 aromatic carbocycles. The lowest BCUT2D eigenvalue weighted by Gasteiger charge is -2.24. The van der Waals surface area contributed by atoms with Crippen LogP contribution in [0, 0.1) is 12.3 Å². The Kier molecular flexibility index (Phi) is 4.54. The van der Waals surface area contributed by atoms with Crippen LogP contribution >= 0.6 is 11.3 Å². The monoisotopic (exact) mass is 228 g/mol. The Balaban J connectivity index is 2.35. The standard InChI is InChI=1S/C11H20N2OS/c1-9-7-15-10(13-9)12-8-11(2,3)5-6-14-4/h7H,5-6,8H2,1-4H3,(H,12,13). The zero-order chi connectivity index (χ0) is 11.3. The largest absolute Gasteiger partial charge is 0.385 e. The maximum absolute atomic E-state index is 5.09. The van der Waals surface area contributed by atoms with Gasteiger partial charge in [-0.3, -0.25) is 0 Å². The highest BCUT2D eigenvalue weighted by Crippen LogP contribution is 2.22. The summed E-state index contributed by atoms with van der Waals surface area (Å²) in [6, 6.07) is 0. The summed E-state index contributed by atoms with van der Waals surface area (Å²) in [6.45, 7) is 8.23. The summed E-state index contributed by atoms with van der Waals surface area (Å²) in [5.41, 5.74) is 1.33. The van der Waals surface area contributed by atoms with Crippen molar-refractivity contribution in [1.82, 2.24) is 4.98 Å². The summed E-state index contributed by atoms with van der Waals surface area (Å²) in [4.78, 5) is 4.37. The van der Waals surface area contributed by atoms with Crippen molar-refractivity contribution < 1.29 is 4.74 Å². The number of aromatic nitrogens is 1. The fourth-order valence-electron chi connectivity index (χ4n) is 1.22. The first kappa shape index (κ1) is 12.5. The van der Waals surface area contributed by atoms with E-state index in [1.165, 1.54) is 0 Å². The molecule has 0 spiro atoms. The van der Waals surface area contributed by atoms with E-state index >= 15 is 0 Å². The van der Waals surface area contributed by atoms with Crippen LogP contribution in [-0.4, -0.2) is 25.2 Å². The van der Waals surface area contributed by atoms with Gasteiger partial charge >= 0.3 is 0 Å². The van der Waals surface area contributed by atoms with E-state index in [-0.39, 0.29) is 5.41 Å². The molecule has 1 N–H and O–H groups in total. The van der Waals surface area contributed by atoms with Crippen LogP contribution in [0.3, 0.4) is 0 Å². The normalized spacial score (nSPS) is 11.7. The molecule has 1 heterocycles. The number of aryl methyl sites for hydroxylation is 1. The number of nitrogens with one attached hydrogen (secondary N) is 1. The average molecular weight is 228 g/mol. The van der Waals surface area contributed by atoms with E-state index in [9.17, 15) is 0 Å². The van der Waals surface area contributed by atoms with Crippen molar-refractivity contribution in [2.24, 2.45) is 5.41 Å². The summed E-state index contributed by atoms with van der Waals surface area (Å²) >= 11 is 1.66. The van der Waals surface area contributed by atoms with Gasteiger partial charge in [-0.1, -0.05) is 13.8 Å². The highest BCUT2D eigenvalue weighted by molar-refractivity contribution is 7.13. The summed E-state index contributed by atoms with van der Waals surface area (Å²) in [5, 5.41) is 6.44. The molecule has 15 heavy (non-hydrogen) atoms. The third-order valence-corrected chi connectivity index (χ3v) is 3.24. The van der Waals surface area contributed by atoms with Gasteiger partial charge in [0.15, 0.2) is 5.13 Å². The molecule has 0 saturated heterocycles. The lowest BCUT2D eigenvalue weighted by atomic mass is 9.90. The summed E-state index contributed by atoms with van der Waals surface area (Å²) in [6.07, 6.45) is 1.06. The predicted molar refractivity (Wildman–Crippen MR) is 65.6 cm³/mol. The molecule has 0 amide bonds. The topological polar surface area (TPSA) is 34.1 Å². The van der Waals surface area contributed by atoms with Gasteiger partial charge in [-0.2, -0.15) is 0 Å². The molecule has 1 rings (SSSR count). The number of anilines is 1. The van der Waals surface area contributed by atoms with Crippen LogP contribution < -0.4 is 5.32 Å².